The van der Waals surface area contributed by atoms with Gasteiger partial charge < -0.3 is 9.84 Å². The molecule has 0 bridgehead atoms. The van der Waals surface area contributed by atoms with Crippen LogP contribution in [0, 0.1) is 5.41 Å². The van der Waals surface area contributed by atoms with Crippen molar-refractivity contribution in [2.45, 2.75) is 6.42 Å². The summed E-state index contributed by atoms with van der Waals surface area (Å²) in [4.78, 5) is 0. The van der Waals surface area contributed by atoms with E-state index in [1.807, 2.05) is 11.8 Å². The van der Waals surface area contributed by atoms with Gasteiger partial charge in [-0.2, -0.15) is 11.8 Å². The maximum absolute atomic E-state index is 9.30. The van der Waals surface area contributed by atoms with Crippen molar-refractivity contribution in [2.24, 2.45) is 5.41 Å². The lowest BCUT2D eigenvalue weighted by molar-refractivity contribution is -0.121. The molecule has 1 aliphatic heterocycles. The third kappa shape index (κ3) is 4.63. The molecule has 1 saturated heterocycles. The van der Waals surface area contributed by atoms with Crippen LogP contribution in [0.1, 0.15) is 12.0 Å². The molecule has 0 aliphatic carbocycles. The largest absolute Gasteiger partial charge is 0.396 e. The predicted molar refractivity (Wildman–Crippen MR) is 85.5 cm³/mol. The van der Waals surface area contributed by atoms with Gasteiger partial charge in [0.2, 0.25) is 0 Å². The fraction of sp³-hybridized carbons (Fsp3) is 0.467. The van der Waals surface area contributed by atoms with Crippen molar-refractivity contribution in [3.05, 3.63) is 40.4 Å². The number of ether oxygens (including phenoxy) is 1. The normalized spacial score (nSPS) is 17.6. The highest BCUT2D eigenvalue weighted by Crippen LogP contribution is 2.31. The Hall–Kier alpha value is -0.290. The van der Waals surface area contributed by atoms with Crippen LogP contribution in [0.15, 0.2) is 34.8 Å². The van der Waals surface area contributed by atoms with Crippen LogP contribution in [0.5, 0.6) is 0 Å². The molecule has 104 valence electrons. The van der Waals surface area contributed by atoms with E-state index in [1.54, 1.807) is 0 Å². The second kappa shape index (κ2) is 7.48. The molecule has 1 N–H and O–H groups in total. The van der Waals surface area contributed by atoms with Crippen molar-refractivity contribution in [1.29, 1.82) is 0 Å². The molecule has 19 heavy (non-hydrogen) atoms. The Morgan fingerprint density at radius 3 is 2.63 bits per heavy atom. The first-order valence-electron chi connectivity index (χ1n) is 6.43. The zero-order valence-electron chi connectivity index (χ0n) is 10.8. The van der Waals surface area contributed by atoms with Gasteiger partial charge in [-0.05, 0) is 29.9 Å². The summed E-state index contributed by atoms with van der Waals surface area (Å²) in [5.74, 6) is 2.09. The van der Waals surface area contributed by atoms with Gasteiger partial charge in [0.25, 0.3) is 0 Å². The lowest BCUT2D eigenvalue weighted by Gasteiger charge is -2.39. The Morgan fingerprint density at radius 1 is 1.32 bits per heavy atom. The molecule has 0 radical (unpaired) electrons. The maximum atomic E-state index is 9.30. The van der Waals surface area contributed by atoms with Gasteiger partial charge in [-0.25, -0.2) is 0 Å². The molecular formula is C15H19BrO2S. The summed E-state index contributed by atoms with van der Waals surface area (Å²) in [7, 11) is 0. The van der Waals surface area contributed by atoms with E-state index in [2.05, 4.69) is 52.3 Å². The standard InChI is InChI=1S/C15H19BrO2S/c16-14-6-4-13(5-7-14)3-1-2-8-19-12-15(9-17)10-18-11-15/h1,3-7,17H,2,8-12H2/b3-1+. The lowest BCUT2D eigenvalue weighted by Crippen LogP contribution is -2.47. The van der Waals surface area contributed by atoms with E-state index < -0.39 is 0 Å². The van der Waals surface area contributed by atoms with E-state index in [1.165, 1.54) is 5.56 Å². The van der Waals surface area contributed by atoms with Crippen LogP contribution >= 0.6 is 27.7 Å². The van der Waals surface area contributed by atoms with Crippen LogP contribution in [0.3, 0.4) is 0 Å². The molecule has 0 unspecified atom stereocenters. The monoisotopic (exact) mass is 342 g/mol. The molecule has 0 atom stereocenters. The van der Waals surface area contributed by atoms with Gasteiger partial charge in [0, 0.05) is 15.6 Å². The highest BCUT2D eigenvalue weighted by molar-refractivity contribution is 9.10. The van der Waals surface area contributed by atoms with Crippen molar-refractivity contribution >= 4 is 33.8 Å². The van der Waals surface area contributed by atoms with E-state index in [0.717, 1.165) is 22.4 Å². The van der Waals surface area contributed by atoms with Crippen molar-refractivity contribution in [1.82, 2.24) is 0 Å². The van der Waals surface area contributed by atoms with Gasteiger partial charge in [-0.3, -0.25) is 0 Å². The number of hydrogen-bond donors (Lipinski definition) is 1. The van der Waals surface area contributed by atoms with Gasteiger partial charge in [0.05, 0.1) is 19.8 Å². The third-order valence-electron chi connectivity index (χ3n) is 3.17. The average Bonchev–Trinajstić information content (AvgIpc) is 2.38. The number of halogens is 1. The highest BCUT2D eigenvalue weighted by atomic mass is 79.9. The van der Waals surface area contributed by atoms with Crippen LogP contribution < -0.4 is 0 Å². The molecule has 1 aromatic rings. The number of benzene rings is 1. The Balaban J connectivity index is 1.62. The Bertz CT molecular complexity index is 407. The first-order valence-corrected chi connectivity index (χ1v) is 8.37. The van der Waals surface area contributed by atoms with Crippen molar-refractivity contribution in [3.8, 4) is 0 Å². The number of aliphatic hydroxyl groups excluding tert-OH is 1. The molecule has 4 heteroatoms. The molecule has 0 amide bonds. The molecule has 0 saturated carbocycles. The fourth-order valence-electron chi connectivity index (χ4n) is 1.84. The maximum Gasteiger partial charge on any atom is 0.0575 e. The molecule has 2 nitrogen and oxygen atoms in total. The number of aliphatic hydroxyl groups is 1. The van der Waals surface area contributed by atoms with Crippen molar-refractivity contribution < 1.29 is 9.84 Å². The van der Waals surface area contributed by atoms with E-state index in [9.17, 15) is 5.11 Å². The first kappa shape index (κ1) is 15.1. The zero-order chi connectivity index (χ0) is 13.6. The van der Waals surface area contributed by atoms with Gasteiger partial charge in [0.1, 0.15) is 0 Å². The van der Waals surface area contributed by atoms with Crippen LogP contribution in [-0.4, -0.2) is 36.4 Å². The van der Waals surface area contributed by atoms with Gasteiger partial charge >= 0.3 is 0 Å². The molecule has 2 rings (SSSR count). The molecule has 1 aliphatic rings. The van der Waals surface area contributed by atoms with E-state index in [4.69, 9.17) is 4.74 Å². The van der Waals surface area contributed by atoms with Crippen LogP contribution in [0.2, 0.25) is 0 Å². The summed E-state index contributed by atoms with van der Waals surface area (Å²) in [6.45, 7) is 1.67. The second-order valence-corrected chi connectivity index (χ2v) is 6.97. The van der Waals surface area contributed by atoms with Crippen molar-refractivity contribution in [2.75, 3.05) is 31.3 Å². The summed E-state index contributed by atoms with van der Waals surface area (Å²) >= 11 is 5.33. The Morgan fingerprint density at radius 2 is 2.05 bits per heavy atom. The summed E-state index contributed by atoms with van der Waals surface area (Å²) in [5.41, 5.74) is 1.27. The summed E-state index contributed by atoms with van der Waals surface area (Å²) < 4.78 is 6.29. The summed E-state index contributed by atoms with van der Waals surface area (Å²) in [5, 5.41) is 9.30. The van der Waals surface area contributed by atoms with Crippen LogP contribution in [-0.2, 0) is 4.74 Å². The van der Waals surface area contributed by atoms with E-state index in [-0.39, 0.29) is 12.0 Å². The average molecular weight is 343 g/mol. The highest BCUT2D eigenvalue weighted by Gasteiger charge is 2.37. The number of allylic oxidation sites excluding steroid dienone is 1. The zero-order valence-corrected chi connectivity index (χ0v) is 13.3. The van der Waals surface area contributed by atoms with E-state index >= 15 is 0 Å². The quantitative estimate of drug-likeness (QED) is 0.767. The SMILES string of the molecule is OCC1(CSCC/C=C/c2ccc(Br)cc2)COC1. The number of rotatable bonds is 7. The topological polar surface area (TPSA) is 29.5 Å². The van der Waals surface area contributed by atoms with E-state index in [0.29, 0.717) is 13.2 Å². The summed E-state index contributed by atoms with van der Waals surface area (Å²) in [6, 6.07) is 8.30. The minimum Gasteiger partial charge on any atom is -0.396 e. The number of thioether (sulfide) groups is 1. The van der Waals surface area contributed by atoms with Crippen molar-refractivity contribution in [3.63, 3.8) is 0 Å². The third-order valence-corrected chi connectivity index (χ3v) is 5.04. The fourth-order valence-corrected chi connectivity index (χ4v) is 3.25. The van der Waals surface area contributed by atoms with Gasteiger partial charge in [-0.1, -0.05) is 40.2 Å². The second-order valence-electron chi connectivity index (χ2n) is 4.95. The van der Waals surface area contributed by atoms with Crippen LogP contribution in [0.4, 0.5) is 0 Å². The molecule has 1 fully saturated rings. The van der Waals surface area contributed by atoms with Gasteiger partial charge in [0.15, 0.2) is 0 Å². The Kier molecular flexibility index (Phi) is 5.95. The minimum absolute atomic E-state index is 0.0418. The molecule has 1 aromatic carbocycles. The number of hydrogen-bond acceptors (Lipinski definition) is 3. The molecular weight excluding hydrogens is 324 g/mol. The molecule has 0 spiro atoms. The van der Waals surface area contributed by atoms with Crippen LogP contribution in [0.25, 0.3) is 6.08 Å². The lowest BCUT2D eigenvalue weighted by atomic mass is 9.90. The molecule has 1 heterocycles. The van der Waals surface area contributed by atoms with Gasteiger partial charge in [-0.15, -0.1) is 0 Å². The first-order chi connectivity index (χ1) is 9.24. The smallest absolute Gasteiger partial charge is 0.0575 e. The minimum atomic E-state index is 0.0418. The summed E-state index contributed by atoms with van der Waals surface area (Å²) in [6.07, 6.45) is 5.42. The predicted octanol–water partition coefficient (Wildman–Crippen LogP) is 3.59. The molecule has 0 aromatic heterocycles. The Labute approximate surface area is 127 Å².